The van der Waals surface area contributed by atoms with Crippen LogP contribution >= 0.6 is 0 Å². The lowest BCUT2D eigenvalue weighted by Gasteiger charge is -2.16. The van der Waals surface area contributed by atoms with Gasteiger partial charge in [-0.05, 0) is 38.0 Å². The third-order valence-electron chi connectivity index (χ3n) is 3.54. The number of allylic oxidation sites excluding steroid dienone is 2. The van der Waals surface area contributed by atoms with Crippen LogP contribution in [0.15, 0.2) is 11.6 Å². The zero-order valence-corrected chi connectivity index (χ0v) is 12.7. The summed E-state index contributed by atoms with van der Waals surface area (Å²) >= 11 is 0. The van der Waals surface area contributed by atoms with Gasteiger partial charge in [-0.25, -0.2) is 0 Å². The van der Waals surface area contributed by atoms with E-state index >= 15 is 0 Å². The van der Waals surface area contributed by atoms with Crippen molar-refractivity contribution in [3.05, 3.63) is 11.6 Å². The Morgan fingerprint density at radius 1 is 1.28 bits per heavy atom. The second kappa shape index (κ2) is 9.18. The van der Waals surface area contributed by atoms with Crippen molar-refractivity contribution in [2.75, 3.05) is 0 Å². The van der Waals surface area contributed by atoms with E-state index in [-0.39, 0.29) is 5.92 Å². The Bertz CT molecular complexity index is 268. The molecular weight excluding hydrogens is 224 g/mol. The normalized spacial score (nSPS) is 17.3. The predicted octanol–water partition coefficient (Wildman–Crippen LogP) is 4.90. The molecule has 0 aliphatic heterocycles. The predicted molar refractivity (Wildman–Crippen MR) is 77.6 cm³/mol. The number of hydrogen-bond acceptors (Lipinski definition) is 1. The summed E-state index contributed by atoms with van der Waals surface area (Å²) in [6.45, 7) is 10.8. The number of carbonyl (C=O) groups is 1. The molecule has 0 saturated carbocycles. The topological polar surface area (TPSA) is 37.3 Å². The molecule has 0 saturated heterocycles. The first-order valence-corrected chi connectivity index (χ1v) is 7.30. The molecule has 2 nitrogen and oxygen atoms in total. The molecule has 0 aromatic carbocycles. The van der Waals surface area contributed by atoms with Crippen molar-refractivity contribution in [1.29, 1.82) is 0 Å². The van der Waals surface area contributed by atoms with E-state index in [1.54, 1.807) is 0 Å². The van der Waals surface area contributed by atoms with Gasteiger partial charge in [0.1, 0.15) is 0 Å². The van der Waals surface area contributed by atoms with E-state index < -0.39 is 5.97 Å². The lowest BCUT2D eigenvalue weighted by Crippen LogP contribution is -2.13. The highest BCUT2D eigenvalue weighted by atomic mass is 16.4. The van der Waals surface area contributed by atoms with Gasteiger partial charge in [0.25, 0.3) is 0 Å². The molecule has 0 fully saturated rings. The average Bonchev–Trinajstić information content (AvgIpc) is 2.25. The van der Waals surface area contributed by atoms with Crippen LogP contribution in [-0.2, 0) is 4.79 Å². The van der Waals surface area contributed by atoms with Gasteiger partial charge in [-0.3, -0.25) is 4.79 Å². The van der Waals surface area contributed by atoms with E-state index in [0.29, 0.717) is 18.8 Å². The molecule has 0 rings (SSSR count). The second-order valence-electron chi connectivity index (χ2n) is 5.77. The summed E-state index contributed by atoms with van der Waals surface area (Å²) in [5, 5.41) is 9.04. The van der Waals surface area contributed by atoms with E-state index in [9.17, 15) is 4.79 Å². The molecule has 0 aromatic heterocycles. The maximum absolute atomic E-state index is 11.0. The van der Waals surface area contributed by atoms with Crippen LogP contribution in [0.1, 0.15) is 66.7 Å². The molecule has 0 aromatic rings. The fraction of sp³-hybridized carbons (Fsp3) is 0.812. The van der Waals surface area contributed by atoms with Gasteiger partial charge in [0, 0.05) is 0 Å². The highest BCUT2D eigenvalue weighted by molar-refractivity contribution is 5.70. The van der Waals surface area contributed by atoms with Crippen LogP contribution in [-0.4, -0.2) is 11.1 Å². The van der Waals surface area contributed by atoms with Gasteiger partial charge >= 0.3 is 5.97 Å². The van der Waals surface area contributed by atoms with Crippen LogP contribution in [0.25, 0.3) is 0 Å². The second-order valence-corrected chi connectivity index (χ2v) is 5.77. The Labute approximate surface area is 112 Å². The Morgan fingerprint density at radius 2 is 1.89 bits per heavy atom. The van der Waals surface area contributed by atoms with Crippen LogP contribution in [0, 0.1) is 17.8 Å². The monoisotopic (exact) mass is 254 g/mol. The largest absolute Gasteiger partial charge is 0.481 e. The molecule has 0 spiro atoms. The molecule has 0 heterocycles. The quantitative estimate of drug-likeness (QED) is 0.594. The van der Waals surface area contributed by atoms with Crippen molar-refractivity contribution in [2.24, 2.45) is 17.8 Å². The fourth-order valence-corrected chi connectivity index (χ4v) is 2.66. The number of aliphatic carboxylic acids is 1. The van der Waals surface area contributed by atoms with Crippen LogP contribution < -0.4 is 0 Å². The summed E-state index contributed by atoms with van der Waals surface area (Å²) in [6.07, 6.45) is 7.39. The zero-order valence-electron chi connectivity index (χ0n) is 12.7. The Hall–Kier alpha value is -0.790. The van der Waals surface area contributed by atoms with Crippen molar-refractivity contribution in [3.8, 4) is 0 Å². The van der Waals surface area contributed by atoms with Crippen molar-refractivity contribution in [1.82, 2.24) is 0 Å². The van der Waals surface area contributed by atoms with Crippen LogP contribution in [0.5, 0.6) is 0 Å². The number of carboxylic acids is 1. The third-order valence-corrected chi connectivity index (χ3v) is 3.54. The van der Waals surface area contributed by atoms with Crippen molar-refractivity contribution in [2.45, 2.75) is 66.7 Å². The molecule has 2 heteroatoms. The zero-order chi connectivity index (χ0) is 14.1. The molecule has 0 aliphatic rings. The van der Waals surface area contributed by atoms with Gasteiger partial charge in [0.2, 0.25) is 0 Å². The minimum absolute atomic E-state index is 0.221. The standard InChI is InChI=1S/C16H30O2/c1-6-8-12(3)9-13(4)10-14(5)11-15(7-2)16(17)18/h10,12-13,15H,6-9,11H2,1-5H3,(H,17,18)/b14-10+. The molecular formula is C16H30O2. The molecule has 0 amide bonds. The van der Waals surface area contributed by atoms with Gasteiger partial charge in [-0.2, -0.15) is 0 Å². The van der Waals surface area contributed by atoms with Crippen LogP contribution in [0.3, 0.4) is 0 Å². The fourth-order valence-electron chi connectivity index (χ4n) is 2.66. The van der Waals surface area contributed by atoms with Gasteiger partial charge < -0.3 is 5.11 Å². The van der Waals surface area contributed by atoms with Crippen molar-refractivity contribution >= 4 is 5.97 Å². The van der Waals surface area contributed by atoms with Gasteiger partial charge in [0.15, 0.2) is 0 Å². The number of carboxylic acid groups (broad SMARTS) is 1. The number of rotatable bonds is 9. The van der Waals surface area contributed by atoms with E-state index in [1.165, 1.54) is 24.8 Å². The van der Waals surface area contributed by atoms with Gasteiger partial charge in [-0.1, -0.05) is 52.2 Å². The summed E-state index contributed by atoms with van der Waals surface area (Å²) < 4.78 is 0. The molecule has 18 heavy (non-hydrogen) atoms. The summed E-state index contributed by atoms with van der Waals surface area (Å²) in [5.41, 5.74) is 1.22. The molecule has 0 bridgehead atoms. The summed E-state index contributed by atoms with van der Waals surface area (Å²) in [5.74, 6) is 0.423. The van der Waals surface area contributed by atoms with Gasteiger partial charge in [-0.15, -0.1) is 0 Å². The third kappa shape index (κ3) is 7.52. The first kappa shape index (κ1) is 17.2. The highest BCUT2D eigenvalue weighted by Gasteiger charge is 2.15. The van der Waals surface area contributed by atoms with E-state index in [4.69, 9.17) is 5.11 Å². The Balaban J connectivity index is 4.26. The SMILES string of the molecule is CCCC(C)CC(C)/C=C(\C)CC(CC)C(=O)O. The Kier molecular flexibility index (Phi) is 8.78. The van der Waals surface area contributed by atoms with Crippen LogP contribution in [0.2, 0.25) is 0 Å². The minimum atomic E-state index is -0.669. The molecule has 0 aliphatic carbocycles. The van der Waals surface area contributed by atoms with E-state index in [0.717, 1.165) is 5.92 Å². The van der Waals surface area contributed by atoms with Crippen molar-refractivity contribution < 1.29 is 9.90 Å². The highest BCUT2D eigenvalue weighted by Crippen LogP contribution is 2.21. The smallest absolute Gasteiger partial charge is 0.306 e. The lowest BCUT2D eigenvalue weighted by molar-refractivity contribution is -0.141. The maximum Gasteiger partial charge on any atom is 0.306 e. The maximum atomic E-state index is 11.0. The first-order chi connectivity index (χ1) is 8.40. The molecule has 3 unspecified atom stereocenters. The summed E-state index contributed by atoms with van der Waals surface area (Å²) in [6, 6.07) is 0. The first-order valence-electron chi connectivity index (χ1n) is 7.30. The van der Waals surface area contributed by atoms with Crippen molar-refractivity contribution in [3.63, 3.8) is 0 Å². The minimum Gasteiger partial charge on any atom is -0.481 e. The van der Waals surface area contributed by atoms with E-state index in [2.05, 4.69) is 33.8 Å². The van der Waals surface area contributed by atoms with Crippen LogP contribution in [0.4, 0.5) is 0 Å². The molecule has 3 atom stereocenters. The van der Waals surface area contributed by atoms with Gasteiger partial charge in [0.05, 0.1) is 5.92 Å². The molecule has 1 N–H and O–H groups in total. The Morgan fingerprint density at radius 3 is 2.33 bits per heavy atom. The number of hydrogen-bond donors (Lipinski definition) is 1. The lowest BCUT2D eigenvalue weighted by atomic mass is 9.90. The summed E-state index contributed by atoms with van der Waals surface area (Å²) in [4.78, 5) is 11.0. The molecule has 0 radical (unpaired) electrons. The van der Waals surface area contributed by atoms with E-state index in [1.807, 2.05) is 6.92 Å². The summed E-state index contributed by atoms with van der Waals surface area (Å²) in [7, 11) is 0. The molecule has 106 valence electrons. The average molecular weight is 254 g/mol.